The predicted molar refractivity (Wildman–Crippen MR) is 44.9 cm³/mol. The van der Waals surface area contributed by atoms with Crippen molar-refractivity contribution in [3.8, 4) is 0 Å². The fourth-order valence-corrected chi connectivity index (χ4v) is 1.69. The maximum Gasteiger partial charge on any atom is 0.152 e. The molecule has 2 heteroatoms. The van der Waals surface area contributed by atoms with Crippen LogP contribution in [0.5, 0.6) is 0 Å². The summed E-state index contributed by atoms with van der Waals surface area (Å²) in [5.41, 5.74) is 5.41. The van der Waals surface area contributed by atoms with Gasteiger partial charge in [0, 0.05) is 5.92 Å². The molecule has 1 atom stereocenters. The second kappa shape index (κ2) is 3.86. The minimum atomic E-state index is -0.502. The molecule has 0 heterocycles. The van der Waals surface area contributed by atoms with Crippen LogP contribution in [0.15, 0.2) is 0 Å². The molecule has 0 amide bonds. The largest absolute Gasteiger partial charge is 0.321 e. The summed E-state index contributed by atoms with van der Waals surface area (Å²) < 4.78 is 0. The molecule has 0 saturated heterocycles. The number of ketones is 1. The van der Waals surface area contributed by atoms with E-state index in [0.29, 0.717) is 0 Å². The van der Waals surface area contributed by atoms with Crippen LogP contribution in [-0.4, -0.2) is 11.8 Å². The van der Waals surface area contributed by atoms with Crippen LogP contribution < -0.4 is 5.73 Å². The third-order valence-electron chi connectivity index (χ3n) is 2.37. The topological polar surface area (TPSA) is 43.1 Å². The van der Waals surface area contributed by atoms with Gasteiger partial charge in [0.2, 0.25) is 0 Å². The fourth-order valence-electron chi connectivity index (χ4n) is 1.69. The molecule has 1 unspecified atom stereocenters. The lowest BCUT2D eigenvalue weighted by atomic mass is 9.84. The quantitative estimate of drug-likeness (QED) is 0.651. The first-order valence-electron chi connectivity index (χ1n) is 4.34. The summed E-state index contributed by atoms with van der Waals surface area (Å²) in [6.07, 6.45) is 5.70. The van der Waals surface area contributed by atoms with E-state index in [4.69, 9.17) is 5.73 Å². The molecule has 1 saturated carbocycles. The third-order valence-corrected chi connectivity index (χ3v) is 2.37. The second-order valence-corrected chi connectivity index (χ2v) is 3.34. The van der Waals surface area contributed by atoms with Gasteiger partial charge in [0.15, 0.2) is 5.78 Å². The van der Waals surface area contributed by atoms with Crippen molar-refractivity contribution < 1.29 is 4.79 Å². The van der Waals surface area contributed by atoms with E-state index in [9.17, 15) is 4.79 Å². The summed E-state index contributed by atoms with van der Waals surface area (Å²) in [6.45, 7) is 3.54. The molecular formula is C9H16NO. The zero-order valence-electron chi connectivity index (χ0n) is 6.88. The molecule has 1 rings (SSSR count). The summed E-state index contributed by atoms with van der Waals surface area (Å²) >= 11 is 0. The molecule has 11 heavy (non-hydrogen) atoms. The molecule has 1 fully saturated rings. The van der Waals surface area contributed by atoms with E-state index < -0.39 is 6.04 Å². The van der Waals surface area contributed by atoms with Gasteiger partial charge >= 0.3 is 0 Å². The van der Waals surface area contributed by atoms with Crippen molar-refractivity contribution in [1.29, 1.82) is 0 Å². The molecule has 0 spiro atoms. The van der Waals surface area contributed by atoms with E-state index in [2.05, 4.69) is 6.92 Å². The Hall–Kier alpha value is -0.370. The van der Waals surface area contributed by atoms with Gasteiger partial charge in [-0.2, -0.15) is 0 Å². The third kappa shape index (κ3) is 2.29. The summed E-state index contributed by atoms with van der Waals surface area (Å²) in [7, 11) is 0. The maximum absolute atomic E-state index is 11.3. The minimum absolute atomic E-state index is 0.157. The Balaban J connectivity index is 2.39. The summed E-state index contributed by atoms with van der Waals surface area (Å²) in [5.74, 6) is 0.376. The molecular weight excluding hydrogens is 138 g/mol. The van der Waals surface area contributed by atoms with Crippen LogP contribution in [0, 0.1) is 12.8 Å². The van der Waals surface area contributed by atoms with E-state index in [1.54, 1.807) is 0 Å². The van der Waals surface area contributed by atoms with Gasteiger partial charge < -0.3 is 5.73 Å². The molecule has 1 aliphatic carbocycles. The summed E-state index contributed by atoms with van der Waals surface area (Å²) in [5, 5.41) is 0. The Morgan fingerprint density at radius 2 is 1.91 bits per heavy atom. The van der Waals surface area contributed by atoms with Crippen LogP contribution in [0.25, 0.3) is 0 Å². The summed E-state index contributed by atoms with van der Waals surface area (Å²) in [6, 6.07) is -0.502. The van der Waals surface area contributed by atoms with Gasteiger partial charge in [-0.05, 0) is 19.8 Å². The SMILES string of the molecule is [CH2]C(N)C(=O)C1CCCCC1. The molecule has 0 aromatic heterocycles. The number of hydrogen-bond donors (Lipinski definition) is 1. The highest BCUT2D eigenvalue weighted by Crippen LogP contribution is 2.24. The highest BCUT2D eigenvalue weighted by atomic mass is 16.1. The average Bonchev–Trinajstić information content (AvgIpc) is 2.05. The van der Waals surface area contributed by atoms with Crippen molar-refractivity contribution in [1.82, 2.24) is 0 Å². The number of hydrogen-bond acceptors (Lipinski definition) is 2. The van der Waals surface area contributed by atoms with Crippen molar-refractivity contribution in [3.63, 3.8) is 0 Å². The first-order chi connectivity index (χ1) is 5.22. The number of carbonyl (C=O) groups is 1. The minimum Gasteiger partial charge on any atom is -0.321 e. The Morgan fingerprint density at radius 1 is 1.36 bits per heavy atom. The smallest absolute Gasteiger partial charge is 0.152 e. The van der Waals surface area contributed by atoms with Gasteiger partial charge in [0.05, 0.1) is 6.04 Å². The van der Waals surface area contributed by atoms with E-state index >= 15 is 0 Å². The zero-order valence-corrected chi connectivity index (χ0v) is 6.88. The molecule has 2 N–H and O–H groups in total. The number of Topliss-reactive ketones (excluding diaryl/α,β-unsaturated/α-hetero) is 1. The van der Waals surface area contributed by atoms with Crippen molar-refractivity contribution in [2.24, 2.45) is 11.7 Å². The van der Waals surface area contributed by atoms with Crippen molar-refractivity contribution in [2.75, 3.05) is 0 Å². The van der Waals surface area contributed by atoms with Crippen LogP contribution in [0.2, 0.25) is 0 Å². The Morgan fingerprint density at radius 3 is 2.36 bits per heavy atom. The fraction of sp³-hybridized carbons (Fsp3) is 0.778. The molecule has 0 aliphatic heterocycles. The lowest BCUT2D eigenvalue weighted by Crippen LogP contribution is -2.33. The molecule has 1 radical (unpaired) electrons. The number of carbonyl (C=O) groups excluding carboxylic acids is 1. The Labute approximate surface area is 68.2 Å². The van der Waals surface area contributed by atoms with E-state index in [1.807, 2.05) is 0 Å². The second-order valence-electron chi connectivity index (χ2n) is 3.34. The van der Waals surface area contributed by atoms with Gasteiger partial charge in [0.1, 0.15) is 0 Å². The molecule has 63 valence electrons. The van der Waals surface area contributed by atoms with Crippen LogP contribution in [0.3, 0.4) is 0 Å². The normalized spacial score (nSPS) is 23.1. The molecule has 2 nitrogen and oxygen atoms in total. The van der Waals surface area contributed by atoms with Crippen LogP contribution in [0.4, 0.5) is 0 Å². The first-order valence-corrected chi connectivity index (χ1v) is 4.34. The first kappa shape index (κ1) is 8.72. The molecule has 1 aliphatic rings. The lowest BCUT2D eigenvalue weighted by Gasteiger charge is -2.21. The van der Waals surface area contributed by atoms with Gasteiger partial charge in [0.25, 0.3) is 0 Å². The highest BCUT2D eigenvalue weighted by Gasteiger charge is 2.22. The standard InChI is InChI=1S/C9H16NO/c1-7(10)9(11)8-5-3-2-4-6-8/h7-8H,1-6,10H2. The van der Waals surface area contributed by atoms with Gasteiger partial charge in [-0.1, -0.05) is 19.3 Å². The highest BCUT2D eigenvalue weighted by molar-refractivity contribution is 5.86. The lowest BCUT2D eigenvalue weighted by molar-refractivity contribution is -0.124. The van der Waals surface area contributed by atoms with Crippen molar-refractivity contribution in [2.45, 2.75) is 38.1 Å². The average molecular weight is 154 g/mol. The maximum atomic E-state index is 11.3. The molecule has 0 bridgehead atoms. The van der Waals surface area contributed by atoms with Gasteiger partial charge in [-0.25, -0.2) is 0 Å². The Bertz CT molecular complexity index is 136. The van der Waals surface area contributed by atoms with Crippen molar-refractivity contribution >= 4 is 5.78 Å². The van der Waals surface area contributed by atoms with Crippen LogP contribution in [-0.2, 0) is 4.79 Å². The van der Waals surface area contributed by atoms with Crippen LogP contribution in [0.1, 0.15) is 32.1 Å². The number of rotatable bonds is 2. The van der Waals surface area contributed by atoms with E-state index in [-0.39, 0.29) is 11.7 Å². The molecule has 0 aromatic rings. The van der Waals surface area contributed by atoms with Gasteiger partial charge in [-0.3, -0.25) is 4.79 Å². The summed E-state index contributed by atoms with van der Waals surface area (Å²) in [4.78, 5) is 11.3. The monoisotopic (exact) mass is 154 g/mol. The van der Waals surface area contributed by atoms with Gasteiger partial charge in [-0.15, -0.1) is 0 Å². The Kier molecular flexibility index (Phi) is 3.06. The predicted octanol–water partition coefficient (Wildman–Crippen LogP) is 1.30. The zero-order chi connectivity index (χ0) is 8.27. The van der Waals surface area contributed by atoms with E-state index in [0.717, 1.165) is 12.8 Å². The van der Waals surface area contributed by atoms with Crippen LogP contribution >= 0.6 is 0 Å². The van der Waals surface area contributed by atoms with E-state index in [1.165, 1.54) is 19.3 Å². The molecule has 0 aromatic carbocycles. The number of nitrogens with two attached hydrogens (primary N) is 1. The van der Waals surface area contributed by atoms with Crippen molar-refractivity contribution in [3.05, 3.63) is 6.92 Å².